The molecule has 13 heteroatoms. The van der Waals surface area contributed by atoms with Gasteiger partial charge >= 0.3 is 7.82 Å². The Bertz CT molecular complexity index is 1010. The number of phosphoric acid groups is 1. The Morgan fingerprint density at radius 1 is 1.35 bits per heavy atom. The van der Waals surface area contributed by atoms with Crippen LogP contribution < -0.4 is 5.73 Å². The lowest BCUT2D eigenvalue weighted by atomic mass is 10.2. The van der Waals surface area contributed by atoms with Crippen LogP contribution in [0.3, 0.4) is 0 Å². The van der Waals surface area contributed by atoms with Crippen molar-refractivity contribution < 1.29 is 28.5 Å². The number of amides is 1. The van der Waals surface area contributed by atoms with Crippen LogP contribution in [0.2, 0.25) is 0 Å². The van der Waals surface area contributed by atoms with Gasteiger partial charge in [0.05, 0.1) is 13.2 Å². The fourth-order valence-electron chi connectivity index (χ4n) is 2.42. The minimum Gasteiger partial charge on any atom is -0.383 e. The van der Waals surface area contributed by atoms with Crippen LogP contribution in [0, 0.1) is 6.92 Å². The Balaban J connectivity index is 2.30. The molecule has 4 N–H and O–H groups in total. The van der Waals surface area contributed by atoms with Crippen molar-refractivity contribution in [3.8, 4) is 0 Å². The number of carbonyl (C=O) groups is 2. The molecule has 166 valence electrons. The lowest BCUT2D eigenvalue weighted by Gasteiger charge is -2.22. The monoisotopic (exact) mass is 467 g/mol. The molecule has 0 spiro atoms. The van der Waals surface area contributed by atoms with Gasteiger partial charge in [0.2, 0.25) is 11.5 Å². The number of carbonyl (C=O) groups excluding carboxylic acids is 2. The maximum Gasteiger partial charge on any atom is 0.469 e. The van der Waals surface area contributed by atoms with E-state index in [0.29, 0.717) is 28.4 Å². The number of thioether (sulfide) groups is 1. The first kappa shape index (κ1) is 24.6. The summed E-state index contributed by atoms with van der Waals surface area (Å²) in [5.41, 5.74) is 6.99. The number of aryl methyl sites for hydroxylation is 1. The standard InChI is InChI=1S/C18H22N5O6PS/c1-12(23(11-24)10-14-9-21-13(2)22-17(14)19)16(6-8-29-30(26,27)28)31-18(25)15-5-3-4-7-20-15/h3-5,7,9,11H,6,8,10H2,1-2H3,(H2,19,21,22)(H2,26,27,28). The molecule has 0 saturated heterocycles. The number of phosphoric ester groups is 1. The van der Waals surface area contributed by atoms with Crippen molar-refractivity contribution in [2.75, 3.05) is 12.3 Å². The van der Waals surface area contributed by atoms with E-state index < -0.39 is 12.9 Å². The van der Waals surface area contributed by atoms with E-state index in [-0.39, 0.29) is 31.1 Å². The van der Waals surface area contributed by atoms with Crippen LogP contribution in [-0.4, -0.2) is 47.8 Å². The third-order valence-corrected chi connectivity index (χ3v) is 5.66. The number of aromatic nitrogens is 3. The summed E-state index contributed by atoms with van der Waals surface area (Å²) in [5.74, 6) is 0.703. The molecule has 1 amide bonds. The molecule has 11 nitrogen and oxygen atoms in total. The summed E-state index contributed by atoms with van der Waals surface area (Å²) in [6.45, 7) is 2.97. The number of anilines is 1. The number of pyridine rings is 1. The van der Waals surface area contributed by atoms with Gasteiger partial charge < -0.3 is 20.4 Å². The highest BCUT2D eigenvalue weighted by Crippen LogP contribution is 2.37. The van der Waals surface area contributed by atoms with E-state index in [1.54, 1.807) is 26.0 Å². The summed E-state index contributed by atoms with van der Waals surface area (Å²) >= 11 is 0.800. The summed E-state index contributed by atoms with van der Waals surface area (Å²) in [4.78, 5) is 56.0. The van der Waals surface area contributed by atoms with Gasteiger partial charge in [-0.2, -0.15) is 0 Å². The van der Waals surface area contributed by atoms with Crippen LogP contribution >= 0.6 is 19.6 Å². The number of hydrogen-bond donors (Lipinski definition) is 3. The Morgan fingerprint density at radius 2 is 2.10 bits per heavy atom. The second-order valence-electron chi connectivity index (χ2n) is 6.25. The average Bonchev–Trinajstić information content (AvgIpc) is 2.71. The molecule has 31 heavy (non-hydrogen) atoms. The van der Waals surface area contributed by atoms with Crippen LogP contribution in [0.5, 0.6) is 0 Å². The van der Waals surface area contributed by atoms with E-state index in [0.717, 1.165) is 11.8 Å². The molecule has 0 aliphatic heterocycles. The predicted molar refractivity (Wildman–Crippen MR) is 114 cm³/mol. The molecule has 0 aliphatic rings. The second-order valence-corrected chi connectivity index (χ2v) is 8.55. The lowest BCUT2D eigenvalue weighted by molar-refractivity contribution is -0.116. The minimum absolute atomic E-state index is 0.0234. The third kappa shape index (κ3) is 7.85. The van der Waals surface area contributed by atoms with Crippen LogP contribution in [0.25, 0.3) is 0 Å². The SMILES string of the molecule is CC(=C(CCOP(=O)(O)O)SC(=O)c1ccccn1)N(C=O)Cc1cnc(C)nc1N. The van der Waals surface area contributed by atoms with Gasteiger partial charge in [-0.05, 0) is 37.7 Å². The van der Waals surface area contributed by atoms with Crippen molar-refractivity contribution >= 4 is 36.9 Å². The Hall–Kier alpha value is -2.63. The van der Waals surface area contributed by atoms with E-state index in [4.69, 9.17) is 15.5 Å². The Labute approximate surface area is 183 Å². The molecular formula is C18H22N5O6PS. The van der Waals surface area contributed by atoms with Gasteiger partial charge in [-0.3, -0.25) is 19.1 Å². The quantitative estimate of drug-likeness (QED) is 0.345. The summed E-state index contributed by atoms with van der Waals surface area (Å²) in [5, 5.41) is -0.393. The predicted octanol–water partition coefficient (Wildman–Crippen LogP) is 2.03. The smallest absolute Gasteiger partial charge is 0.383 e. The van der Waals surface area contributed by atoms with Gasteiger partial charge in [0, 0.05) is 35.0 Å². The van der Waals surface area contributed by atoms with Crippen LogP contribution in [-0.2, 0) is 20.4 Å². The highest BCUT2D eigenvalue weighted by molar-refractivity contribution is 8.17. The number of nitrogen functional groups attached to an aromatic ring is 1. The number of rotatable bonds is 10. The molecule has 0 atom stereocenters. The van der Waals surface area contributed by atoms with Crippen LogP contribution in [0.4, 0.5) is 5.82 Å². The molecule has 2 aromatic heterocycles. The Morgan fingerprint density at radius 3 is 2.68 bits per heavy atom. The van der Waals surface area contributed by atoms with Crippen molar-refractivity contribution in [1.82, 2.24) is 19.9 Å². The Kier molecular flexibility index (Phi) is 8.84. The first-order valence-electron chi connectivity index (χ1n) is 8.93. The first-order chi connectivity index (χ1) is 14.6. The van der Waals surface area contributed by atoms with E-state index >= 15 is 0 Å². The van der Waals surface area contributed by atoms with E-state index in [9.17, 15) is 14.2 Å². The molecule has 2 aromatic rings. The van der Waals surface area contributed by atoms with Gasteiger partial charge in [-0.15, -0.1) is 0 Å². The average molecular weight is 467 g/mol. The highest BCUT2D eigenvalue weighted by atomic mass is 32.2. The molecule has 0 saturated carbocycles. The zero-order valence-corrected chi connectivity index (χ0v) is 18.5. The van der Waals surface area contributed by atoms with Crippen LogP contribution in [0.15, 0.2) is 41.2 Å². The highest BCUT2D eigenvalue weighted by Gasteiger charge is 2.20. The molecule has 0 fully saturated rings. The van der Waals surface area contributed by atoms with Gasteiger partial charge in [0.15, 0.2) is 0 Å². The van der Waals surface area contributed by atoms with Gasteiger partial charge in [-0.25, -0.2) is 14.5 Å². The van der Waals surface area contributed by atoms with E-state index in [1.165, 1.54) is 23.4 Å². The summed E-state index contributed by atoms with van der Waals surface area (Å²) in [7, 11) is -4.69. The van der Waals surface area contributed by atoms with Gasteiger partial charge in [0.25, 0.3) is 0 Å². The molecular weight excluding hydrogens is 445 g/mol. The number of nitrogens with two attached hydrogens (primary N) is 1. The van der Waals surface area contributed by atoms with Crippen molar-refractivity contribution in [2.24, 2.45) is 0 Å². The fourth-order valence-corrected chi connectivity index (χ4v) is 3.65. The molecule has 0 radical (unpaired) electrons. The third-order valence-electron chi connectivity index (χ3n) is 4.00. The largest absolute Gasteiger partial charge is 0.469 e. The first-order valence-corrected chi connectivity index (χ1v) is 11.3. The lowest BCUT2D eigenvalue weighted by Crippen LogP contribution is -2.22. The number of hydrogen-bond acceptors (Lipinski definition) is 9. The van der Waals surface area contributed by atoms with Crippen molar-refractivity contribution in [1.29, 1.82) is 0 Å². The van der Waals surface area contributed by atoms with Gasteiger partial charge in [-0.1, -0.05) is 6.07 Å². The zero-order valence-electron chi connectivity index (χ0n) is 16.8. The topological polar surface area (TPSA) is 169 Å². The fraction of sp³-hybridized carbons (Fsp3) is 0.278. The van der Waals surface area contributed by atoms with E-state index in [2.05, 4.69) is 19.5 Å². The van der Waals surface area contributed by atoms with Crippen molar-refractivity contribution in [2.45, 2.75) is 26.8 Å². The molecule has 0 aromatic carbocycles. The normalized spacial score (nSPS) is 12.3. The summed E-state index contributed by atoms with van der Waals surface area (Å²) < 4.78 is 15.5. The van der Waals surface area contributed by atoms with E-state index in [1.807, 2.05) is 0 Å². The number of allylic oxidation sites excluding steroid dienone is 1. The molecule has 2 rings (SSSR count). The van der Waals surface area contributed by atoms with Gasteiger partial charge in [0.1, 0.15) is 17.3 Å². The zero-order chi connectivity index (χ0) is 23.0. The molecule has 0 bridgehead atoms. The second kappa shape index (κ2) is 11.1. The molecule has 0 unspecified atom stereocenters. The minimum atomic E-state index is -4.69. The van der Waals surface area contributed by atoms with Crippen LogP contribution in [0.1, 0.15) is 35.2 Å². The summed E-state index contributed by atoms with van der Waals surface area (Å²) in [6.07, 6.45) is 3.51. The van der Waals surface area contributed by atoms with Crippen molar-refractivity contribution in [3.63, 3.8) is 0 Å². The summed E-state index contributed by atoms with van der Waals surface area (Å²) in [6, 6.07) is 4.86. The molecule has 0 aliphatic carbocycles. The number of nitrogens with zero attached hydrogens (tertiary/aromatic N) is 4. The molecule has 2 heterocycles. The maximum absolute atomic E-state index is 12.6. The van der Waals surface area contributed by atoms with Crippen molar-refractivity contribution in [3.05, 3.63) is 58.3 Å². The maximum atomic E-state index is 12.6.